The first-order valence-corrected chi connectivity index (χ1v) is 9.37. The van der Waals surface area contributed by atoms with E-state index < -0.39 is 0 Å². The zero-order valence-electron chi connectivity index (χ0n) is 13.7. The normalized spacial score (nSPS) is 15.6. The number of nitrogens with zero attached hydrogens (tertiary/aromatic N) is 1. The molecule has 0 radical (unpaired) electrons. The van der Waals surface area contributed by atoms with Crippen molar-refractivity contribution in [1.29, 1.82) is 0 Å². The Morgan fingerprint density at radius 3 is 2.44 bits per heavy atom. The van der Waals surface area contributed by atoms with Crippen molar-refractivity contribution in [3.05, 3.63) is 68.9 Å². The van der Waals surface area contributed by atoms with Gasteiger partial charge in [0.1, 0.15) is 18.1 Å². The molecule has 1 aliphatic rings. The molecule has 0 unspecified atom stereocenters. The van der Waals surface area contributed by atoms with Gasteiger partial charge in [-0.2, -0.15) is 0 Å². The van der Waals surface area contributed by atoms with E-state index in [-0.39, 0.29) is 5.91 Å². The number of halogens is 1. The number of ether oxygens (including phenoxy) is 1. The minimum Gasteiger partial charge on any atom is -0.489 e. The summed E-state index contributed by atoms with van der Waals surface area (Å²) in [6, 6.07) is 15.9. The topological polar surface area (TPSA) is 41.6 Å². The van der Waals surface area contributed by atoms with E-state index in [4.69, 9.17) is 17.0 Å². The minimum absolute atomic E-state index is 0.0912. The molecule has 0 atom stereocenters. The molecule has 0 bridgehead atoms. The van der Waals surface area contributed by atoms with Crippen molar-refractivity contribution in [2.45, 2.75) is 13.5 Å². The van der Waals surface area contributed by atoms with Crippen molar-refractivity contribution in [2.75, 3.05) is 6.54 Å². The van der Waals surface area contributed by atoms with E-state index in [1.807, 2.05) is 31.2 Å². The second-order valence-corrected chi connectivity index (χ2v) is 7.15. The summed E-state index contributed by atoms with van der Waals surface area (Å²) in [5.41, 5.74) is 2.54. The minimum atomic E-state index is -0.0912. The Morgan fingerprint density at radius 2 is 1.84 bits per heavy atom. The van der Waals surface area contributed by atoms with Gasteiger partial charge in [0.25, 0.3) is 5.91 Å². The first-order chi connectivity index (χ1) is 12.1. The van der Waals surface area contributed by atoms with Crippen molar-refractivity contribution in [1.82, 2.24) is 10.2 Å². The molecule has 1 saturated heterocycles. The van der Waals surface area contributed by atoms with Crippen molar-refractivity contribution in [2.24, 2.45) is 0 Å². The summed E-state index contributed by atoms with van der Waals surface area (Å²) in [4.78, 5) is 13.7. The highest BCUT2D eigenvalue weighted by atomic mass is 127. The quantitative estimate of drug-likeness (QED) is 0.414. The van der Waals surface area contributed by atoms with Gasteiger partial charge in [-0.3, -0.25) is 9.69 Å². The largest absolute Gasteiger partial charge is 0.489 e. The summed E-state index contributed by atoms with van der Waals surface area (Å²) >= 11 is 7.43. The number of likely N-dealkylation sites (N-methyl/N-ethyl adjacent to an activating group) is 1. The van der Waals surface area contributed by atoms with Crippen LogP contribution in [0.2, 0.25) is 0 Å². The first kappa shape index (κ1) is 17.9. The Kier molecular flexibility index (Phi) is 5.70. The summed E-state index contributed by atoms with van der Waals surface area (Å²) in [5.74, 6) is 0.698. The van der Waals surface area contributed by atoms with Gasteiger partial charge in [0.15, 0.2) is 5.11 Å². The smallest absolute Gasteiger partial charge is 0.276 e. The zero-order valence-corrected chi connectivity index (χ0v) is 16.6. The van der Waals surface area contributed by atoms with Crippen LogP contribution >= 0.6 is 34.8 Å². The molecule has 6 heteroatoms. The van der Waals surface area contributed by atoms with Gasteiger partial charge in [0.2, 0.25) is 0 Å². The van der Waals surface area contributed by atoms with Crippen LogP contribution in [-0.4, -0.2) is 22.5 Å². The lowest BCUT2D eigenvalue weighted by molar-refractivity contribution is -0.122. The standard InChI is InChI=1S/C19H17IN2O2S/c1-2-22-18(23)17(21-19(22)25)11-13-5-9-16(10-6-13)24-12-14-3-7-15(20)8-4-14/h3-11H,2,12H2,1H3,(H,21,25)/b17-11-. The molecule has 0 saturated carbocycles. The molecule has 0 aromatic heterocycles. The van der Waals surface area contributed by atoms with E-state index in [0.29, 0.717) is 24.0 Å². The van der Waals surface area contributed by atoms with Gasteiger partial charge < -0.3 is 10.1 Å². The number of rotatable bonds is 5. The molecular formula is C19H17IN2O2S. The third kappa shape index (κ3) is 4.38. The highest BCUT2D eigenvalue weighted by Crippen LogP contribution is 2.18. The molecule has 3 rings (SSSR count). The van der Waals surface area contributed by atoms with Crippen molar-refractivity contribution in [3.8, 4) is 5.75 Å². The van der Waals surface area contributed by atoms with E-state index in [1.54, 1.807) is 11.0 Å². The van der Waals surface area contributed by atoms with Gasteiger partial charge in [-0.05, 0) is 83.2 Å². The Morgan fingerprint density at radius 1 is 1.16 bits per heavy atom. The number of thiocarbonyl (C=S) groups is 1. The van der Waals surface area contributed by atoms with Gasteiger partial charge in [0, 0.05) is 10.1 Å². The summed E-state index contributed by atoms with van der Waals surface area (Å²) in [6.45, 7) is 2.99. The molecule has 0 spiro atoms. The molecule has 1 fully saturated rings. The van der Waals surface area contributed by atoms with Crippen LogP contribution in [-0.2, 0) is 11.4 Å². The maximum atomic E-state index is 12.2. The SMILES string of the molecule is CCN1C(=O)/C(=C/c2ccc(OCc3ccc(I)cc3)cc2)NC1=S. The average Bonchev–Trinajstić information content (AvgIpc) is 2.88. The maximum Gasteiger partial charge on any atom is 0.276 e. The predicted octanol–water partition coefficient (Wildman–Crippen LogP) is 3.95. The lowest BCUT2D eigenvalue weighted by Gasteiger charge is -2.09. The number of carbonyl (C=O) groups excluding carboxylic acids is 1. The highest BCUT2D eigenvalue weighted by Gasteiger charge is 2.28. The van der Waals surface area contributed by atoms with Gasteiger partial charge >= 0.3 is 0 Å². The van der Waals surface area contributed by atoms with Crippen LogP contribution in [0.1, 0.15) is 18.1 Å². The Hall–Kier alpha value is -1.93. The lowest BCUT2D eigenvalue weighted by atomic mass is 10.2. The number of benzene rings is 2. The highest BCUT2D eigenvalue weighted by molar-refractivity contribution is 14.1. The van der Waals surface area contributed by atoms with Crippen molar-refractivity contribution < 1.29 is 9.53 Å². The fourth-order valence-electron chi connectivity index (χ4n) is 2.43. The summed E-state index contributed by atoms with van der Waals surface area (Å²) in [7, 11) is 0. The van der Waals surface area contributed by atoms with Gasteiger partial charge in [-0.1, -0.05) is 24.3 Å². The van der Waals surface area contributed by atoms with E-state index in [0.717, 1.165) is 16.9 Å². The molecule has 1 heterocycles. The number of hydrogen-bond acceptors (Lipinski definition) is 3. The van der Waals surface area contributed by atoms with E-state index in [9.17, 15) is 4.79 Å². The van der Waals surface area contributed by atoms with Crippen LogP contribution in [0.3, 0.4) is 0 Å². The number of nitrogens with one attached hydrogen (secondary N) is 1. The summed E-state index contributed by atoms with van der Waals surface area (Å²) < 4.78 is 7.00. The van der Waals surface area contributed by atoms with Gasteiger partial charge in [-0.25, -0.2) is 0 Å². The molecule has 128 valence electrons. The molecular weight excluding hydrogens is 447 g/mol. The monoisotopic (exact) mass is 464 g/mol. The molecule has 1 amide bonds. The second kappa shape index (κ2) is 7.97. The van der Waals surface area contributed by atoms with Crippen LogP contribution in [0, 0.1) is 3.57 Å². The number of carbonyl (C=O) groups is 1. The van der Waals surface area contributed by atoms with Crippen LogP contribution < -0.4 is 10.1 Å². The van der Waals surface area contributed by atoms with Gasteiger partial charge in [0.05, 0.1) is 0 Å². The molecule has 2 aromatic rings. The first-order valence-electron chi connectivity index (χ1n) is 7.88. The van der Waals surface area contributed by atoms with Crippen molar-refractivity contribution >= 4 is 51.9 Å². The molecule has 25 heavy (non-hydrogen) atoms. The van der Waals surface area contributed by atoms with Gasteiger partial charge in [-0.15, -0.1) is 0 Å². The zero-order chi connectivity index (χ0) is 17.8. The Balaban J connectivity index is 1.64. The van der Waals surface area contributed by atoms with Crippen LogP contribution in [0.15, 0.2) is 54.2 Å². The summed E-state index contributed by atoms with van der Waals surface area (Å²) in [5, 5.41) is 3.41. The van der Waals surface area contributed by atoms with Crippen LogP contribution in [0.4, 0.5) is 0 Å². The maximum absolute atomic E-state index is 12.2. The summed E-state index contributed by atoms with van der Waals surface area (Å²) in [6.07, 6.45) is 1.80. The van der Waals surface area contributed by atoms with E-state index >= 15 is 0 Å². The molecule has 1 aliphatic heterocycles. The molecule has 0 aliphatic carbocycles. The number of amides is 1. The third-order valence-corrected chi connectivity index (χ3v) is 4.83. The second-order valence-electron chi connectivity index (χ2n) is 5.52. The van der Waals surface area contributed by atoms with Crippen LogP contribution in [0.25, 0.3) is 6.08 Å². The van der Waals surface area contributed by atoms with Crippen molar-refractivity contribution in [3.63, 3.8) is 0 Å². The average molecular weight is 464 g/mol. The van der Waals surface area contributed by atoms with E-state index in [1.165, 1.54) is 3.57 Å². The lowest BCUT2D eigenvalue weighted by Crippen LogP contribution is -2.30. The Bertz CT molecular complexity index is 816. The molecule has 2 aromatic carbocycles. The fraction of sp³-hybridized carbons (Fsp3) is 0.158. The van der Waals surface area contributed by atoms with E-state index in [2.05, 4.69) is 52.2 Å². The molecule has 4 nitrogen and oxygen atoms in total. The predicted molar refractivity (Wildman–Crippen MR) is 111 cm³/mol. The van der Waals surface area contributed by atoms with Crippen LogP contribution in [0.5, 0.6) is 5.75 Å². The molecule has 1 N–H and O–H groups in total. The number of hydrogen-bond donors (Lipinski definition) is 1. The fourth-order valence-corrected chi connectivity index (χ4v) is 3.11. The third-order valence-electron chi connectivity index (χ3n) is 3.79. The Labute approximate surface area is 166 Å².